The van der Waals surface area contributed by atoms with Crippen molar-refractivity contribution >= 4 is 46.0 Å². The van der Waals surface area contributed by atoms with Crippen LogP contribution in [0.25, 0.3) is 6.08 Å². The van der Waals surface area contributed by atoms with Crippen molar-refractivity contribution in [2.24, 2.45) is 0 Å². The van der Waals surface area contributed by atoms with Gasteiger partial charge in [-0.1, -0.05) is 66.4 Å². The van der Waals surface area contributed by atoms with Gasteiger partial charge in [-0.2, -0.15) is 0 Å². The van der Waals surface area contributed by atoms with Crippen molar-refractivity contribution in [3.63, 3.8) is 0 Å². The Morgan fingerprint density at radius 3 is 2.64 bits per heavy atom. The van der Waals surface area contributed by atoms with Gasteiger partial charge in [-0.3, -0.25) is 19.8 Å². The number of carbonyl (C=O) groups is 1. The highest BCUT2D eigenvalue weighted by Crippen LogP contribution is 2.33. The van der Waals surface area contributed by atoms with E-state index in [0.717, 1.165) is 12.0 Å². The summed E-state index contributed by atoms with van der Waals surface area (Å²) in [6.07, 6.45) is 2.37. The average molecular weight is 370 g/mol. The molecule has 126 valence electrons. The third kappa shape index (κ3) is 4.12. The van der Waals surface area contributed by atoms with Crippen molar-refractivity contribution < 1.29 is 9.72 Å². The summed E-state index contributed by atoms with van der Waals surface area (Å²) < 4.78 is 0.512. The highest BCUT2D eigenvalue weighted by atomic mass is 32.2. The summed E-state index contributed by atoms with van der Waals surface area (Å²) in [5.74, 6) is -0.155. The van der Waals surface area contributed by atoms with Gasteiger partial charge in [0.1, 0.15) is 4.32 Å². The van der Waals surface area contributed by atoms with Crippen LogP contribution < -0.4 is 0 Å². The molecule has 1 fully saturated rings. The fourth-order valence-corrected chi connectivity index (χ4v) is 3.77. The number of rotatable bonds is 5. The summed E-state index contributed by atoms with van der Waals surface area (Å²) in [6, 6.07) is 16.1. The van der Waals surface area contributed by atoms with E-state index in [1.807, 2.05) is 30.3 Å². The van der Waals surface area contributed by atoms with E-state index in [-0.39, 0.29) is 11.6 Å². The molecule has 1 aliphatic heterocycles. The summed E-state index contributed by atoms with van der Waals surface area (Å²) in [5.41, 5.74) is 1.74. The Morgan fingerprint density at radius 1 is 1.16 bits per heavy atom. The number of benzene rings is 2. The molecule has 3 rings (SSSR count). The van der Waals surface area contributed by atoms with Gasteiger partial charge in [0.25, 0.3) is 11.6 Å². The number of hydrogen-bond donors (Lipinski definition) is 0. The number of hydrogen-bond acceptors (Lipinski definition) is 5. The lowest BCUT2D eigenvalue weighted by molar-refractivity contribution is -0.384. The molecule has 25 heavy (non-hydrogen) atoms. The Hall–Kier alpha value is -2.51. The molecule has 1 aliphatic rings. The first-order chi connectivity index (χ1) is 12.0. The van der Waals surface area contributed by atoms with Crippen LogP contribution in [-0.4, -0.2) is 26.6 Å². The quantitative estimate of drug-likeness (QED) is 0.344. The van der Waals surface area contributed by atoms with Crippen LogP contribution in [0.5, 0.6) is 0 Å². The van der Waals surface area contributed by atoms with Crippen LogP contribution in [0.15, 0.2) is 59.5 Å². The Kier molecular flexibility index (Phi) is 5.25. The number of thiocarbonyl (C=S) groups is 1. The molecule has 0 aromatic heterocycles. The summed E-state index contributed by atoms with van der Waals surface area (Å²) in [6.45, 7) is 0.515. The molecule has 0 unspecified atom stereocenters. The maximum atomic E-state index is 12.6. The van der Waals surface area contributed by atoms with Crippen LogP contribution in [-0.2, 0) is 11.2 Å². The monoisotopic (exact) mass is 370 g/mol. The van der Waals surface area contributed by atoms with Gasteiger partial charge in [0, 0.05) is 18.7 Å². The highest BCUT2D eigenvalue weighted by molar-refractivity contribution is 8.26. The van der Waals surface area contributed by atoms with Crippen LogP contribution in [0, 0.1) is 10.1 Å². The van der Waals surface area contributed by atoms with Gasteiger partial charge in [0.05, 0.1) is 9.83 Å². The molecule has 0 radical (unpaired) electrons. The zero-order valence-corrected chi connectivity index (χ0v) is 14.8. The summed E-state index contributed by atoms with van der Waals surface area (Å²) in [7, 11) is 0. The zero-order valence-electron chi connectivity index (χ0n) is 13.1. The van der Waals surface area contributed by atoms with Crippen LogP contribution >= 0.6 is 24.0 Å². The standard InChI is InChI=1S/C18H14N2O3S2/c21-17-16(12-14-7-4-8-15(11-14)20(22)23)25-18(24)19(17)10-9-13-5-2-1-3-6-13/h1-8,11-12H,9-10H2/b16-12-. The fraction of sp³-hybridized carbons (Fsp3) is 0.111. The number of carbonyl (C=O) groups excluding carboxylic acids is 1. The number of amides is 1. The molecule has 5 nitrogen and oxygen atoms in total. The molecule has 0 saturated carbocycles. The molecule has 1 amide bonds. The minimum Gasteiger partial charge on any atom is -0.293 e. The number of non-ortho nitro benzene ring substituents is 1. The lowest BCUT2D eigenvalue weighted by Gasteiger charge is -2.14. The fourth-order valence-electron chi connectivity index (χ4n) is 2.46. The van der Waals surface area contributed by atoms with Crippen molar-refractivity contribution in [2.45, 2.75) is 6.42 Å². The Bertz CT molecular complexity index is 866. The molecule has 2 aromatic rings. The molecular weight excluding hydrogens is 356 g/mol. The Balaban J connectivity index is 1.74. The van der Waals surface area contributed by atoms with Gasteiger partial charge in [0.15, 0.2) is 0 Å². The maximum Gasteiger partial charge on any atom is 0.270 e. The SMILES string of the molecule is O=C1/C(=C/c2cccc([N+](=O)[O-])c2)SC(=S)N1CCc1ccccc1. The third-order valence-corrected chi connectivity index (χ3v) is 5.10. The lowest BCUT2D eigenvalue weighted by atomic mass is 10.1. The van der Waals surface area contributed by atoms with E-state index in [0.29, 0.717) is 21.3 Å². The molecule has 0 N–H and O–H groups in total. The van der Waals surface area contributed by atoms with E-state index in [1.165, 1.54) is 23.9 Å². The second-order valence-electron chi connectivity index (χ2n) is 5.42. The van der Waals surface area contributed by atoms with E-state index < -0.39 is 4.92 Å². The second kappa shape index (κ2) is 7.58. The normalized spacial score (nSPS) is 15.8. The van der Waals surface area contributed by atoms with Gasteiger partial charge >= 0.3 is 0 Å². The van der Waals surface area contributed by atoms with E-state index in [1.54, 1.807) is 23.1 Å². The smallest absolute Gasteiger partial charge is 0.270 e. The maximum absolute atomic E-state index is 12.6. The first kappa shape index (κ1) is 17.3. The number of thioether (sulfide) groups is 1. The predicted octanol–water partition coefficient (Wildman–Crippen LogP) is 4.04. The summed E-state index contributed by atoms with van der Waals surface area (Å²) in [5, 5.41) is 10.9. The van der Waals surface area contributed by atoms with Crippen molar-refractivity contribution in [3.05, 3.63) is 80.7 Å². The number of nitro benzene ring substituents is 1. The van der Waals surface area contributed by atoms with E-state index in [9.17, 15) is 14.9 Å². The van der Waals surface area contributed by atoms with Gasteiger partial charge < -0.3 is 0 Å². The highest BCUT2D eigenvalue weighted by Gasteiger charge is 2.31. The minimum absolute atomic E-state index is 0.00620. The summed E-state index contributed by atoms with van der Waals surface area (Å²) >= 11 is 6.54. The second-order valence-corrected chi connectivity index (χ2v) is 7.10. The van der Waals surface area contributed by atoms with Crippen LogP contribution in [0.3, 0.4) is 0 Å². The van der Waals surface area contributed by atoms with E-state index in [4.69, 9.17) is 12.2 Å². The van der Waals surface area contributed by atoms with Crippen molar-refractivity contribution in [2.75, 3.05) is 6.54 Å². The third-order valence-electron chi connectivity index (χ3n) is 3.72. The molecule has 0 bridgehead atoms. The first-order valence-corrected chi connectivity index (χ1v) is 8.81. The molecule has 2 aromatic carbocycles. The van der Waals surface area contributed by atoms with Crippen molar-refractivity contribution in [1.82, 2.24) is 4.90 Å². The van der Waals surface area contributed by atoms with Crippen LogP contribution in [0.4, 0.5) is 5.69 Å². The largest absolute Gasteiger partial charge is 0.293 e. The zero-order chi connectivity index (χ0) is 17.8. The van der Waals surface area contributed by atoms with Crippen molar-refractivity contribution in [3.8, 4) is 0 Å². The molecule has 0 aliphatic carbocycles. The van der Waals surface area contributed by atoms with Gasteiger partial charge in [-0.15, -0.1) is 0 Å². The van der Waals surface area contributed by atoms with Gasteiger partial charge in [0.2, 0.25) is 0 Å². The predicted molar refractivity (Wildman–Crippen MR) is 103 cm³/mol. The summed E-state index contributed by atoms with van der Waals surface area (Å²) in [4.78, 5) is 25.0. The van der Waals surface area contributed by atoms with E-state index >= 15 is 0 Å². The molecule has 7 heteroatoms. The van der Waals surface area contributed by atoms with E-state index in [2.05, 4.69) is 0 Å². The average Bonchev–Trinajstić information content (AvgIpc) is 2.87. The van der Waals surface area contributed by atoms with Crippen LogP contribution in [0.2, 0.25) is 0 Å². The molecule has 0 spiro atoms. The molecular formula is C18H14N2O3S2. The number of nitro groups is 1. The Labute approximate surface area is 154 Å². The minimum atomic E-state index is -0.456. The van der Waals surface area contributed by atoms with Gasteiger partial charge in [-0.25, -0.2) is 0 Å². The number of nitrogens with zero attached hydrogens (tertiary/aromatic N) is 2. The van der Waals surface area contributed by atoms with Crippen molar-refractivity contribution in [1.29, 1.82) is 0 Å². The van der Waals surface area contributed by atoms with Crippen LogP contribution in [0.1, 0.15) is 11.1 Å². The molecule has 1 heterocycles. The molecule has 1 saturated heterocycles. The lowest BCUT2D eigenvalue weighted by Crippen LogP contribution is -2.30. The Morgan fingerprint density at radius 2 is 1.92 bits per heavy atom. The first-order valence-electron chi connectivity index (χ1n) is 7.58. The van der Waals surface area contributed by atoms with Gasteiger partial charge in [-0.05, 0) is 23.6 Å². The topological polar surface area (TPSA) is 63.4 Å². The molecule has 0 atom stereocenters.